The summed E-state index contributed by atoms with van der Waals surface area (Å²) in [4.78, 5) is 22.3. The van der Waals surface area contributed by atoms with E-state index in [4.69, 9.17) is 10.2 Å². The maximum absolute atomic E-state index is 11.7. The molecule has 0 aliphatic heterocycles. The Bertz CT molecular complexity index is 595. The van der Waals surface area contributed by atoms with Crippen LogP contribution in [-0.2, 0) is 14.6 Å². The van der Waals surface area contributed by atoms with Crippen LogP contribution < -0.4 is 5.32 Å². The van der Waals surface area contributed by atoms with Gasteiger partial charge in [0.15, 0.2) is 15.9 Å². The zero-order valence-electron chi connectivity index (χ0n) is 10.0. The fourth-order valence-electron chi connectivity index (χ4n) is 1.30. The molecule has 0 unspecified atom stereocenters. The molecule has 19 heavy (non-hydrogen) atoms. The van der Waals surface area contributed by atoms with Crippen LogP contribution in [0.4, 0.5) is 0 Å². The Labute approximate surface area is 109 Å². The van der Waals surface area contributed by atoms with E-state index >= 15 is 0 Å². The Morgan fingerprint density at radius 2 is 2.00 bits per heavy atom. The summed E-state index contributed by atoms with van der Waals surface area (Å²) in [6.45, 7) is -0.757. The van der Waals surface area contributed by atoms with Crippen molar-refractivity contribution in [3.8, 4) is 0 Å². The summed E-state index contributed by atoms with van der Waals surface area (Å²) < 4.78 is 22.7. The third-order valence-corrected chi connectivity index (χ3v) is 3.42. The van der Waals surface area contributed by atoms with E-state index in [1.165, 1.54) is 18.2 Å². The number of aliphatic hydroxyl groups is 1. The zero-order valence-corrected chi connectivity index (χ0v) is 10.8. The van der Waals surface area contributed by atoms with Gasteiger partial charge in [0.2, 0.25) is 0 Å². The number of aliphatic hydroxyl groups excluding tert-OH is 1. The number of carbonyl (C=O) groups excluding carboxylic acids is 1. The van der Waals surface area contributed by atoms with Crippen LogP contribution in [0.3, 0.4) is 0 Å². The predicted molar refractivity (Wildman–Crippen MR) is 65.5 cm³/mol. The highest BCUT2D eigenvalue weighted by Crippen LogP contribution is 2.11. The van der Waals surface area contributed by atoms with Gasteiger partial charge in [-0.25, -0.2) is 13.2 Å². The maximum Gasteiger partial charge on any atom is 0.328 e. The number of carbonyl (C=O) groups is 2. The van der Waals surface area contributed by atoms with Gasteiger partial charge in [-0.2, -0.15) is 0 Å². The molecule has 0 aromatic heterocycles. The normalized spacial score (nSPS) is 12.7. The first-order valence-corrected chi connectivity index (χ1v) is 7.09. The fourth-order valence-corrected chi connectivity index (χ4v) is 1.96. The average Bonchev–Trinajstić information content (AvgIpc) is 2.34. The molecule has 0 radical (unpaired) electrons. The smallest absolute Gasteiger partial charge is 0.328 e. The van der Waals surface area contributed by atoms with E-state index in [1.54, 1.807) is 0 Å². The molecule has 1 rings (SSSR count). The van der Waals surface area contributed by atoms with Crippen LogP contribution in [0.25, 0.3) is 0 Å². The van der Waals surface area contributed by atoms with E-state index in [1.807, 2.05) is 0 Å². The van der Waals surface area contributed by atoms with Gasteiger partial charge in [0.1, 0.15) is 0 Å². The highest BCUT2D eigenvalue weighted by molar-refractivity contribution is 7.90. The van der Waals surface area contributed by atoms with Crippen LogP contribution in [0, 0.1) is 0 Å². The third-order valence-electron chi connectivity index (χ3n) is 2.31. The first-order valence-electron chi connectivity index (χ1n) is 5.20. The number of hydrogen-bond donors (Lipinski definition) is 3. The van der Waals surface area contributed by atoms with Crippen LogP contribution in [0.15, 0.2) is 29.2 Å². The molecule has 104 valence electrons. The number of amides is 1. The van der Waals surface area contributed by atoms with Gasteiger partial charge in [-0.1, -0.05) is 6.07 Å². The molecule has 1 aromatic carbocycles. The molecule has 1 aromatic rings. The topological polar surface area (TPSA) is 121 Å². The summed E-state index contributed by atoms with van der Waals surface area (Å²) in [6.07, 6.45) is 0.998. The monoisotopic (exact) mass is 287 g/mol. The van der Waals surface area contributed by atoms with E-state index in [2.05, 4.69) is 5.32 Å². The first-order chi connectivity index (χ1) is 8.75. The molecule has 1 amide bonds. The molecule has 0 saturated carbocycles. The highest BCUT2D eigenvalue weighted by atomic mass is 32.2. The number of nitrogens with one attached hydrogen (secondary N) is 1. The second-order valence-electron chi connectivity index (χ2n) is 3.85. The Kier molecular flexibility index (Phi) is 4.62. The SMILES string of the molecule is CS(=O)(=O)c1cccc(C(=O)N[C@@H](CO)C(=O)O)c1. The third kappa shape index (κ3) is 4.04. The van der Waals surface area contributed by atoms with Crippen molar-refractivity contribution in [1.29, 1.82) is 0 Å². The number of benzene rings is 1. The second kappa shape index (κ2) is 5.81. The molecule has 0 spiro atoms. The Hall–Kier alpha value is -1.93. The summed E-state index contributed by atoms with van der Waals surface area (Å²) >= 11 is 0. The lowest BCUT2D eigenvalue weighted by molar-refractivity contribution is -0.140. The van der Waals surface area contributed by atoms with Crippen LogP contribution in [0.2, 0.25) is 0 Å². The van der Waals surface area contributed by atoms with Crippen LogP contribution in [-0.4, -0.2) is 49.4 Å². The molecule has 8 heteroatoms. The molecular weight excluding hydrogens is 274 g/mol. The zero-order chi connectivity index (χ0) is 14.6. The molecule has 0 bridgehead atoms. The summed E-state index contributed by atoms with van der Waals surface area (Å²) in [7, 11) is -3.45. The number of sulfone groups is 1. The number of carboxylic acids is 1. The molecule has 0 aliphatic carbocycles. The van der Waals surface area contributed by atoms with Crippen molar-refractivity contribution >= 4 is 21.7 Å². The predicted octanol–water partition coefficient (Wildman–Crippen LogP) is -0.735. The Morgan fingerprint density at radius 1 is 1.37 bits per heavy atom. The molecule has 3 N–H and O–H groups in total. The van der Waals surface area contributed by atoms with Gasteiger partial charge in [0.05, 0.1) is 11.5 Å². The number of rotatable bonds is 5. The summed E-state index contributed by atoms with van der Waals surface area (Å²) in [5.41, 5.74) is 0.00243. The van der Waals surface area contributed by atoms with Crippen molar-refractivity contribution in [2.75, 3.05) is 12.9 Å². The molecule has 0 aliphatic rings. The van der Waals surface area contributed by atoms with Crippen molar-refractivity contribution in [2.45, 2.75) is 10.9 Å². The van der Waals surface area contributed by atoms with Crippen LogP contribution in [0.1, 0.15) is 10.4 Å². The molecule has 1 atom stereocenters. The van der Waals surface area contributed by atoms with Gasteiger partial charge in [-0.05, 0) is 18.2 Å². The lowest BCUT2D eigenvalue weighted by Crippen LogP contribution is -2.43. The van der Waals surface area contributed by atoms with Crippen molar-refractivity contribution in [3.05, 3.63) is 29.8 Å². The lowest BCUT2D eigenvalue weighted by Gasteiger charge is -2.11. The quantitative estimate of drug-likeness (QED) is 0.656. The molecule has 0 heterocycles. The van der Waals surface area contributed by atoms with E-state index < -0.39 is 34.4 Å². The van der Waals surface area contributed by atoms with Crippen LogP contribution >= 0.6 is 0 Å². The average molecular weight is 287 g/mol. The van der Waals surface area contributed by atoms with Gasteiger partial charge < -0.3 is 15.5 Å². The molecule has 0 saturated heterocycles. The van der Waals surface area contributed by atoms with E-state index in [-0.39, 0.29) is 10.5 Å². The van der Waals surface area contributed by atoms with E-state index in [0.29, 0.717) is 0 Å². The lowest BCUT2D eigenvalue weighted by atomic mass is 10.2. The summed E-state index contributed by atoms with van der Waals surface area (Å²) in [6, 6.07) is 3.75. The maximum atomic E-state index is 11.7. The molecule has 7 nitrogen and oxygen atoms in total. The Balaban J connectivity index is 2.98. The number of aliphatic carboxylic acids is 1. The van der Waals surface area contributed by atoms with Crippen molar-refractivity contribution in [2.24, 2.45) is 0 Å². The molecule has 0 fully saturated rings. The largest absolute Gasteiger partial charge is 0.480 e. The highest BCUT2D eigenvalue weighted by Gasteiger charge is 2.20. The minimum Gasteiger partial charge on any atom is -0.480 e. The van der Waals surface area contributed by atoms with Gasteiger partial charge >= 0.3 is 5.97 Å². The van der Waals surface area contributed by atoms with Crippen molar-refractivity contribution < 1.29 is 28.2 Å². The van der Waals surface area contributed by atoms with E-state index in [9.17, 15) is 18.0 Å². The van der Waals surface area contributed by atoms with Gasteiger partial charge in [0, 0.05) is 11.8 Å². The van der Waals surface area contributed by atoms with Crippen LogP contribution in [0.5, 0.6) is 0 Å². The Morgan fingerprint density at radius 3 is 2.47 bits per heavy atom. The summed E-state index contributed by atoms with van der Waals surface area (Å²) in [5.74, 6) is -2.15. The standard InChI is InChI=1S/C11H13NO6S/c1-19(17,18)8-4-2-3-7(5-8)10(14)12-9(6-13)11(15)16/h2-5,9,13H,6H2,1H3,(H,12,14)(H,15,16)/t9-/m0/s1. The second-order valence-corrected chi connectivity index (χ2v) is 5.86. The number of carboxylic acid groups (broad SMARTS) is 1. The van der Waals surface area contributed by atoms with Gasteiger partial charge in [0.25, 0.3) is 5.91 Å². The van der Waals surface area contributed by atoms with Crippen molar-refractivity contribution in [1.82, 2.24) is 5.32 Å². The first kappa shape index (κ1) is 15.1. The fraction of sp³-hybridized carbons (Fsp3) is 0.273. The minimum absolute atomic E-state index is 0.00243. The van der Waals surface area contributed by atoms with Crippen molar-refractivity contribution in [3.63, 3.8) is 0 Å². The summed E-state index contributed by atoms with van der Waals surface area (Å²) in [5, 5.41) is 19.5. The van der Waals surface area contributed by atoms with Gasteiger partial charge in [-0.15, -0.1) is 0 Å². The molecular formula is C11H13NO6S. The van der Waals surface area contributed by atoms with E-state index in [0.717, 1.165) is 12.3 Å². The number of hydrogen-bond acceptors (Lipinski definition) is 5. The van der Waals surface area contributed by atoms with Gasteiger partial charge in [-0.3, -0.25) is 4.79 Å². The minimum atomic E-state index is -3.45.